The number of carbonyl (C=O) groups is 2. The molecule has 2 aromatic rings. The molecule has 1 aromatic heterocycles. The zero-order valence-electron chi connectivity index (χ0n) is 20.4. The number of thioether (sulfide) groups is 1. The first kappa shape index (κ1) is 28.9. The summed E-state index contributed by atoms with van der Waals surface area (Å²) >= 11 is 1.75. The fourth-order valence-electron chi connectivity index (χ4n) is 2.40. The predicted molar refractivity (Wildman–Crippen MR) is 132 cm³/mol. The Bertz CT molecular complexity index is 757. The molecule has 1 aliphatic rings. The zero-order chi connectivity index (χ0) is 24.0. The largest absolute Gasteiger partial charge is 0.356 e. The van der Waals surface area contributed by atoms with Gasteiger partial charge in [0.1, 0.15) is 5.69 Å². The summed E-state index contributed by atoms with van der Waals surface area (Å²) in [5, 5.41) is 6.47. The van der Waals surface area contributed by atoms with E-state index in [-0.39, 0.29) is 11.9 Å². The first-order valence-corrected chi connectivity index (χ1v) is 12.1. The van der Waals surface area contributed by atoms with Crippen LogP contribution in [0.1, 0.15) is 50.7 Å². The highest BCUT2D eigenvalue weighted by molar-refractivity contribution is 7.97. The minimum absolute atomic E-state index is 0.0381. The third-order valence-corrected chi connectivity index (χ3v) is 3.98. The van der Waals surface area contributed by atoms with Crippen LogP contribution in [-0.2, 0) is 4.79 Å². The highest BCUT2D eigenvalue weighted by Gasteiger charge is 2.25. The van der Waals surface area contributed by atoms with Crippen LogP contribution in [0.5, 0.6) is 0 Å². The van der Waals surface area contributed by atoms with Crippen molar-refractivity contribution in [3.05, 3.63) is 41.6 Å². The van der Waals surface area contributed by atoms with Crippen molar-refractivity contribution in [2.24, 2.45) is 5.92 Å². The average molecular weight is 450 g/mol. The lowest BCUT2D eigenvalue weighted by molar-refractivity contribution is -0.128. The van der Waals surface area contributed by atoms with Gasteiger partial charge in [-0.3, -0.25) is 14.5 Å². The van der Waals surface area contributed by atoms with E-state index in [1.165, 1.54) is 5.56 Å². The second-order valence-corrected chi connectivity index (χ2v) is 9.08. The summed E-state index contributed by atoms with van der Waals surface area (Å²) < 4.78 is 5.00. The number of likely N-dealkylation sites (N-methyl/N-ethyl adjacent to an activating group) is 1. The molecule has 0 aliphatic carbocycles. The van der Waals surface area contributed by atoms with Crippen LogP contribution in [-0.4, -0.2) is 60.4 Å². The van der Waals surface area contributed by atoms with Crippen molar-refractivity contribution in [1.82, 2.24) is 15.4 Å². The minimum atomic E-state index is 0.0381. The lowest BCUT2D eigenvalue weighted by Crippen LogP contribution is -2.56. The third kappa shape index (κ3) is 12.4. The van der Waals surface area contributed by atoms with Crippen LogP contribution in [0.4, 0.5) is 0 Å². The molecule has 3 rings (SSSR count). The molecule has 6 nitrogen and oxygen atoms in total. The quantitative estimate of drug-likeness (QED) is 0.655. The van der Waals surface area contributed by atoms with Gasteiger partial charge in [-0.2, -0.15) is 11.8 Å². The second-order valence-electron chi connectivity index (χ2n) is 8.27. The van der Waals surface area contributed by atoms with Gasteiger partial charge >= 0.3 is 0 Å². The Morgan fingerprint density at radius 3 is 2.13 bits per heavy atom. The molecule has 2 atom stereocenters. The van der Waals surface area contributed by atoms with Gasteiger partial charge < -0.3 is 9.84 Å². The first-order chi connectivity index (χ1) is 14.5. The monoisotopic (exact) mass is 449 g/mol. The van der Waals surface area contributed by atoms with Gasteiger partial charge in [-0.05, 0) is 46.2 Å². The maximum atomic E-state index is 11.1. The molecule has 7 heteroatoms. The maximum absolute atomic E-state index is 11.1. The molecule has 1 aliphatic heterocycles. The van der Waals surface area contributed by atoms with Gasteiger partial charge in [-0.25, -0.2) is 0 Å². The fraction of sp³-hybridized carbons (Fsp3) is 0.542. The Hall–Kier alpha value is -2.12. The van der Waals surface area contributed by atoms with Gasteiger partial charge in [-0.15, -0.1) is 0 Å². The van der Waals surface area contributed by atoms with Crippen molar-refractivity contribution < 1.29 is 14.1 Å². The molecule has 1 aromatic carbocycles. The molecule has 0 saturated carbocycles. The maximum Gasteiger partial charge on any atom is 0.237 e. The van der Waals surface area contributed by atoms with E-state index in [0.717, 1.165) is 18.0 Å². The number of nitrogens with zero attached hydrogens (tertiary/aromatic N) is 2. The number of nitrogens with one attached hydrogen (secondary N) is 1. The molecule has 174 valence electrons. The molecule has 2 heterocycles. The molecular weight excluding hydrogens is 410 g/mol. The van der Waals surface area contributed by atoms with E-state index in [2.05, 4.69) is 36.1 Å². The summed E-state index contributed by atoms with van der Waals surface area (Å²) in [5.74, 6) is 1.59. The Labute approximate surface area is 192 Å². The number of aldehydes is 1. The first-order valence-electron chi connectivity index (χ1n) is 10.4. The van der Waals surface area contributed by atoms with Crippen LogP contribution in [0.3, 0.4) is 0 Å². The standard InChI is InChI=1S/C11H9NO2.C7H14N2O.C4H10.C2H6S/c1-8-2-4-9(5-3-8)11-6-10(7-13)12-14-11;1-5-4-9(3)6(2)7(10)8-5;1-4(2)3;1-3-2/h2-7H,1H3;5-6H,4H2,1-3H3,(H,8,10);4H,1-3H3;1-2H3. The number of carbonyl (C=O) groups excluding carboxylic acids is 2. The van der Waals surface area contributed by atoms with Crippen LogP contribution in [0.2, 0.25) is 0 Å². The highest BCUT2D eigenvalue weighted by atomic mass is 32.2. The summed E-state index contributed by atoms with van der Waals surface area (Å²) in [4.78, 5) is 23.5. The van der Waals surface area contributed by atoms with E-state index in [1.807, 2.05) is 64.6 Å². The van der Waals surface area contributed by atoms with Crippen LogP contribution < -0.4 is 5.32 Å². The van der Waals surface area contributed by atoms with Gasteiger partial charge in [0.25, 0.3) is 0 Å². The van der Waals surface area contributed by atoms with Crippen LogP contribution >= 0.6 is 11.8 Å². The Morgan fingerprint density at radius 2 is 1.71 bits per heavy atom. The molecule has 1 saturated heterocycles. The van der Waals surface area contributed by atoms with Gasteiger partial charge in [0, 0.05) is 24.2 Å². The van der Waals surface area contributed by atoms with Crippen LogP contribution in [0.25, 0.3) is 11.3 Å². The zero-order valence-corrected chi connectivity index (χ0v) is 21.2. The second kappa shape index (κ2) is 15.6. The van der Waals surface area contributed by atoms with E-state index < -0.39 is 0 Å². The number of aromatic nitrogens is 1. The van der Waals surface area contributed by atoms with Crippen LogP contribution in [0, 0.1) is 12.8 Å². The smallest absolute Gasteiger partial charge is 0.237 e. The Kier molecular flexibility index (Phi) is 14.6. The van der Waals surface area contributed by atoms with Gasteiger partial charge in [0.05, 0.1) is 6.04 Å². The Balaban J connectivity index is 0.000000462. The van der Waals surface area contributed by atoms with Gasteiger partial charge in [0.2, 0.25) is 5.91 Å². The van der Waals surface area contributed by atoms with E-state index in [9.17, 15) is 9.59 Å². The average Bonchev–Trinajstić information content (AvgIpc) is 3.16. The number of benzene rings is 1. The molecule has 0 bridgehead atoms. The van der Waals surface area contributed by atoms with Gasteiger partial charge in [-0.1, -0.05) is 55.8 Å². The lowest BCUT2D eigenvalue weighted by atomic mass is 10.1. The van der Waals surface area contributed by atoms with E-state index >= 15 is 0 Å². The number of aryl methyl sites for hydroxylation is 1. The minimum Gasteiger partial charge on any atom is -0.356 e. The molecular formula is C24H39N3O3S. The normalized spacial score (nSPS) is 17.8. The predicted octanol–water partition coefficient (Wildman–Crippen LogP) is 4.93. The van der Waals surface area contributed by atoms with Gasteiger partial charge in [0.15, 0.2) is 12.0 Å². The van der Waals surface area contributed by atoms with Crippen LogP contribution in [0.15, 0.2) is 34.9 Å². The van der Waals surface area contributed by atoms with E-state index in [0.29, 0.717) is 23.8 Å². The number of piperazine rings is 1. The summed E-state index contributed by atoms with van der Waals surface area (Å²) in [7, 11) is 1.97. The van der Waals surface area contributed by atoms with Crippen molar-refractivity contribution in [3.63, 3.8) is 0 Å². The van der Waals surface area contributed by atoms with Crippen molar-refractivity contribution in [3.8, 4) is 11.3 Å². The lowest BCUT2D eigenvalue weighted by Gasteiger charge is -2.33. The highest BCUT2D eigenvalue weighted by Crippen LogP contribution is 2.19. The van der Waals surface area contributed by atoms with Crippen molar-refractivity contribution in [2.75, 3.05) is 26.1 Å². The molecule has 1 amide bonds. The fourth-order valence-corrected chi connectivity index (χ4v) is 2.40. The Morgan fingerprint density at radius 1 is 1.19 bits per heavy atom. The third-order valence-electron chi connectivity index (χ3n) is 3.98. The van der Waals surface area contributed by atoms with Crippen molar-refractivity contribution in [2.45, 2.75) is 53.6 Å². The SMILES string of the molecule is CC(C)C.CC1CN(C)C(C)C(=O)N1.CSC.Cc1ccc(-c2cc(C=O)no2)cc1. The number of rotatable bonds is 2. The molecule has 31 heavy (non-hydrogen) atoms. The number of hydrogen-bond acceptors (Lipinski definition) is 6. The number of amides is 1. The molecule has 0 radical (unpaired) electrons. The van der Waals surface area contributed by atoms with E-state index in [1.54, 1.807) is 17.8 Å². The molecule has 0 spiro atoms. The molecule has 1 fully saturated rings. The molecule has 2 unspecified atom stereocenters. The molecule has 1 N–H and O–H groups in total. The number of hydrogen-bond donors (Lipinski definition) is 1. The van der Waals surface area contributed by atoms with E-state index in [4.69, 9.17) is 4.52 Å². The summed E-state index contributed by atoms with van der Waals surface area (Å²) in [6.45, 7) is 13.4. The topological polar surface area (TPSA) is 75.4 Å². The van der Waals surface area contributed by atoms with Crippen molar-refractivity contribution in [1.29, 1.82) is 0 Å². The summed E-state index contributed by atoms with van der Waals surface area (Å²) in [5.41, 5.74) is 2.43. The summed E-state index contributed by atoms with van der Waals surface area (Å²) in [6, 6.07) is 9.80. The summed E-state index contributed by atoms with van der Waals surface area (Å²) in [6.07, 6.45) is 4.75. The van der Waals surface area contributed by atoms with Crippen molar-refractivity contribution >= 4 is 24.0 Å².